The number of sulfonamides is 1. The molecule has 1 atom stereocenters. The van der Waals surface area contributed by atoms with Gasteiger partial charge in [0.1, 0.15) is 5.75 Å². The number of aryl methyl sites for hydroxylation is 1. The fraction of sp³-hybridized carbons (Fsp3) is 0.316. The van der Waals surface area contributed by atoms with E-state index in [0.29, 0.717) is 17.9 Å². The molecule has 0 aliphatic carbocycles. The summed E-state index contributed by atoms with van der Waals surface area (Å²) in [5, 5.41) is 2.84. The monoisotopic (exact) mass is 376 g/mol. The molecule has 0 saturated carbocycles. The van der Waals surface area contributed by atoms with E-state index in [2.05, 4.69) is 10.0 Å². The molecule has 2 rings (SSSR count). The van der Waals surface area contributed by atoms with Gasteiger partial charge in [-0.1, -0.05) is 42.0 Å². The first kappa shape index (κ1) is 19.9. The molecule has 0 spiro atoms. The standard InChI is InChI=1S/C19H24N2O4S/c1-14-5-4-6-15(11-14)13-20-19(22)12-18(21-26(3,23)24)16-7-9-17(25-2)10-8-16/h4-11,18,21H,12-13H2,1-3H3,(H,20,22)/t18-/m1/s1. The van der Waals surface area contributed by atoms with Crippen molar-refractivity contribution in [2.75, 3.05) is 13.4 Å². The molecule has 26 heavy (non-hydrogen) atoms. The molecule has 0 fully saturated rings. The highest BCUT2D eigenvalue weighted by Crippen LogP contribution is 2.21. The van der Waals surface area contributed by atoms with Crippen molar-refractivity contribution in [3.05, 3.63) is 65.2 Å². The first-order valence-corrected chi connectivity index (χ1v) is 10.1. The number of carbonyl (C=O) groups is 1. The van der Waals surface area contributed by atoms with E-state index in [9.17, 15) is 13.2 Å². The Labute approximate surface area is 154 Å². The van der Waals surface area contributed by atoms with Gasteiger partial charge >= 0.3 is 0 Å². The third-order valence-electron chi connectivity index (χ3n) is 3.84. The van der Waals surface area contributed by atoms with Crippen molar-refractivity contribution in [1.82, 2.24) is 10.0 Å². The highest BCUT2D eigenvalue weighted by Gasteiger charge is 2.20. The third kappa shape index (κ3) is 6.50. The molecular formula is C19H24N2O4S. The highest BCUT2D eigenvalue weighted by atomic mass is 32.2. The summed E-state index contributed by atoms with van der Waals surface area (Å²) >= 11 is 0. The van der Waals surface area contributed by atoms with Crippen LogP contribution in [0.5, 0.6) is 5.75 Å². The molecule has 1 amide bonds. The Kier molecular flexibility index (Phi) is 6.76. The number of methoxy groups -OCH3 is 1. The van der Waals surface area contributed by atoms with Gasteiger partial charge < -0.3 is 10.1 Å². The Bertz CT molecular complexity index is 848. The van der Waals surface area contributed by atoms with Gasteiger partial charge in [-0.15, -0.1) is 0 Å². The summed E-state index contributed by atoms with van der Waals surface area (Å²) in [5.74, 6) is 0.430. The number of rotatable bonds is 8. The van der Waals surface area contributed by atoms with E-state index >= 15 is 0 Å². The van der Waals surface area contributed by atoms with Crippen LogP contribution in [-0.2, 0) is 21.4 Å². The minimum Gasteiger partial charge on any atom is -0.497 e. The fourth-order valence-electron chi connectivity index (χ4n) is 2.60. The number of ether oxygens (including phenoxy) is 1. The van der Waals surface area contributed by atoms with Crippen LogP contribution < -0.4 is 14.8 Å². The van der Waals surface area contributed by atoms with E-state index in [1.54, 1.807) is 31.4 Å². The maximum Gasteiger partial charge on any atom is 0.222 e. The Hall–Kier alpha value is -2.38. The first-order chi connectivity index (χ1) is 12.3. The zero-order chi connectivity index (χ0) is 19.2. The summed E-state index contributed by atoms with van der Waals surface area (Å²) in [6, 6.07) is 14.2. The summed E-state index contributed by atoms with van der Waals surface area (Å²) < 4.78 is 31.0. The van der Waals surface area contributed by atoms with Crippen molar-refractivity contribution in [3.8, 4) is 5.75 Å². The Morgan fingerprint density at radius 2 is 1.85 bits per heavy atom. The van der Waals surface area contributed by atoms with E-state index in [1.807, 2.05) is 31.2 Å². The van der Waals surface area contributed by atoms with Gasteiger partial charge in [0.05, 0.1) is 19.4 Å². The molecule has 0 heterocycles. The van der Waals surface area contributed by atoms with E-state index in [0.717, 1.165) is 17.4 Å². The van der Waals surface area contributed by atoms with Gasteiger partial charge in [0.2, 0.25) is 15.9 Å². The van der Waals surface area contributed by atoms with Crippen molar-refractivity contribution in [3.63, 3.8) is 0 Å². The molecule has 7 heteroatoms. The quantitative estimate of drug-likeness (QED) is 0.740. The molecule has 0 unspecified atom stereocenters. The zero-order valence-corrected chi connectivity index (χ0v) is 16.0. The van der Waals surface area contributed by atoms with Crippen LogP contribution in [-0.4, -0.2) is 27.7 Å². The van der Waals surface area contributed by atoms with Crippen molar-refractivity contribution in [2.45, 2.75) is 25.9 Å². The van der Waals surface area contributed by atoms with Crippen LogP contribution in [0.25, 0.3) is 0 Å². The number of benzene rings is 2. The van der Waals surface area contributed by atoms with Gasteiger partial charge in [0.25, 0.3) is 0 Å². The van der Waals surface area contributed by atoms with E-state index < -0.39 is 16.1 Å². The predicted molar refractivity (Wildman–Crippen MR) is 101 cm³/mol. The molecule has 2 aromatic rings. The molecule has 2 N–H and O–H groups in total. The third-order valence-corrected chi connectivity index (χ3v) is 4.55. The summed E-state index contributed by atoms with van der Waals surface area (Å²) in [7, 11) is -1.91. The Balaban J connectivity index is 2.06. The first-order valence-electron chi connectivity index (χ1n) is 8.20. The topological polar surface area (TPSA) is 84.5 Å². The van der Waals surface area contributed by atoms with Crippen molar-refractivity contribution in [1.29, 1.82) is 0 Å². The highest BCUT2D eigenvalue weighted by molar-refractivity contribution is 7.88. The zero-order valence-electron chi connectivity index (χ0n) is 15.2. The Morgan fingerprint density at radius 1 is 1.15 bits per heavy atom. The number of carbonyl (C=O) groups excluding carboxylic acids is 1. The van der Waals surface area contributed by atoms with Crippen molar-refractivity contribution < 1.29 is 17.9 Å². The average Bonchev–Trinajstić information content (AvgIpc) is 2.58. The normalized spacial score (nSPS) is 12.4. The lowest BCUT2D eigenvalue weighted by Crippen LogP contribution is -2.33. The molecule has 0 aliphatic heterocycles. The van der Waals surface area contributed by atoms with Crippen LogP contribution in [0.4, 0.5) is 0 Å². The number of amides is 1. The summed E-state index contributed by atoms with van der Waals surface area (Å²) in [6.45, 7) is 2.38. The van der Waals surface area contributed by atoms with Gasteiger partial charge in [0, 0.05) is 13.0 Å². The van der Waals surface area contributed by atoms with E-state index in [4.69, 9.17) is 4.74 Å². The smallest absolute Gasteiger partial charge is 0.222 e. The van der Waals surface area contributed by atoms with Gasteiger partial charge in [-0.3, -0.25) is 4.79 Å². The predicted octanol–water partition coefficient (Wildman–Crippen LogP) is 2.30. The number of hydrogen-bond acceptors (Lipinski definition) is 4. The molecule has 0 bridgehead atoms. The van der Waals surface area contributed by atoms with Crippen LogP contribution in [0.1, 0.15) is 29.2 Å². The minimum absolute atomic E-state index is 0.00517. The van der Waals surface area contributed by atoms with Crippen LogP contribution in [0.15, 0.2) is 48.5 Å². The summed E-state index contributed by atoms with van der Waals surface area (Å²) in [5.41, 5.74) is 2.81. The van der Waals surface area contributed by atoms with E-state index in [-0.39, 0.29) is 12.3 Å². The van der Waals surface area contributed by atoms with Crippen molar-refractivity contribution >= 4 is 15.9 Å². The summed E-state index contributed by atoms with van der Waals surface area (Å²) in [6.07, 6.45) is 1.08. The maximum absolute atomic E-state index is 12.3. The van der Waals surface area contributed by atoms with Crippen LogP contribution in [0.3, 0.4) is 0 Å². The molecule has 0 aliphatic rings. The molecule has 2 aromatic carbocycles. The van der Waals surface area contributed by atoms with Gasteiger partial charge in [-0.2, -0.15) is 0 Å². The van der Waals surface area contributed by atoms with Gasteiger partial charge in [-0.05, 0) is 30.2 Å². The second kappa shape index (κ2) is 8.82. The van der Waals surface area contributed by atoms with Gasteiger partial charge in [0.15, 0.2) is 0 Å². The SMILES string of the molecule is COc1ccc([C@@H](CC(=O)NCc2cccc(C)c2)NS(C)(=O)=O)cc1. The number of nitrogens with one attached hydrogen (secondary N) is 2. The molecule has 0 saturated heterocycles. The van der Waals surface area contributed by atoms with Crippen molar-refractivity contribution in [2.24, 2.45) is 0 Å². The van der Waals surface area contributed by atoms with Crippen LogP contribution in [0.2, 0.25) is 0 Å². The molecule has 0 radical (unpaired) electrons. The van der Waals surface area contributed by atoms with Crippen LogP contribution in [0, 0.1) is 6.92 Å². The van der Waals surface area contributed by atoms with Crippen LogP contribution >= 0.6 is 0 Å². The molecule has 140 valence electrons. The molecule has 6 nitrogen and oxygen atoms in total. The lowest BCUT2D eigenvalue weighted by Gasteiger charge is -2.18. The van der Waals surface area contributed by atoms with E-state index in [1.165, 1.54) is 0 Å². The molecular weight excluding hydrogens is 352 g/mol. The average molecular weight is 376 g/mol. The lowest BCUT2D eigenvalue weighted by molar-refractivity contribution is -0.121. The Morgan fingerprint density at radius 3 is 2.42 bits per heavy atom. The summed E-state index contributed by atoms with van der Waals surface area (Å²) in [4.78, 5) is 12.3. The lowest BCUT2D eigenvalue weighted by atomic mass is 10.0. The fourth-order valence-corrected chi connectivity index (χ4v) is 3.34. The van der Waals surface area contributed by atoms with Gasteiger partial charge in [-0.25, -0.2) is 13.1 Å². The second-order valence-corrected chi connectivity index (χ2v) is 7.97. The maximum atomic E-state index is 12.3. The number of hydrogen-bond donors (Lipinski definition) is 2. The minimum atomic E-state index is -3.47. The largest absolute Gasteiger partial charge is 0.497 e. The molecule has 0 aromatic heterocycles. The second-order valence-electron chi connectivity index (χ2n) is 6.19.